The van der Waals surface area contributed by atoms with Crippen molar-refractivity contribution in [2.45, 2.75) is 6.04 Å². The molecule has 0 saturated heterocycles. The summed E-state index contributed by atoms with van der Waals surface area (Å²) in [5.74, 6) is 4.89. The van der Waals surface area contributed by atoms with E-state index < -0.39 is 0 Å². The third-order valence-corrected chi connectivity index (χ3v) is 0.904. The van der Waals surface area contributed by atoms with Crippen molar-refractivity contribution in [2.24, 2.45) is 5.84 Å². The van der Waals surface area contributed by atoms with E-state index in [9.17, 15) is 0 Å². The second-order valence-corrected chi connectivity index (χ2v) is 1.36. The standard InChI is InChI=1S/C3H8N2OS/c4-5-3(1-6)2-7/h2-3,5-6H,1,4H2. The Bertz CT molecular complexity index is 54.9. The summed E-state index contributed by atoms with van der Waals surface area (Å²) in [6.07, 6.45) is 0. The molecule has 0 aliphatic heterocycles. The zero-order valence-corrected chi connectivity index (χ0v) is 4.61. The van der Waals surface area contributed by atoms with E-state index >= 15 is 0 Å². The summed E-state index contributed by atoms with van der Waals surface area (Å²) in [5, 5.41) is 9.66. The Morgan fingerprint density at radius 1 is 2.00 bits per heavy atom. The molecule has 0 spiro atoms. The Kier molecular flexibility index (Phi) is 4.12. The van der Waals surface area contributed by atoms with Gasteiger partial charge in [0.25, 0.3) is 0 Å². The van der Waals surface area contributed by atoms with E-state index in [4.69, 9.17) is 10.9 Å². The minimum absolute atomic E-state index is 0.0417. The molecule has 0 radical (unpaired) electrons. The Balaban J connectivity index is 3.16. The lowest BCUT2D eigenvalue weighted by Crippen LogP contribution is -2.38. The van der Waals surface area contributed by atoms with Crippen molar-refractivity contribution in [3.63, 3.8) is 0 Å². The van der Waals surface area contributed by atoms with Crippen LogP contribution in [0.4, 0.5) is 0 Å². The number of aliphatic hydroxyl groups excluding tert-OH is 1. The minimum Gasteiger partial charge on any atom is -0.394 e. The predicted octanol–water partition coefficient (Wildman–Crippen LogP) is -1.19. The lowest BCUT2D eigenvalue weighted by Gasteiger charge is -2.02. The molecule has 4 heteroatoms. The van der Waals surface area contributed by atoms with Crippen molar-refractivity contribution < 1.29 is 5.11 Å². The molecular formula is C3H8N2OS. The fourth-order valence-corrected chi connectivity index (χ4v) is 0.300. The largest absolute Gasteiger partial charge is 0.394 e. The number of aliphatic hydroxyl groups is 1. The van der Waals surface area contributed by atoms with Gasteiger partial charge in [0.1, 0.15) is 0 Å². The van der Waals surface area contributed by atoms with E-state index in [0.717, 1.165) is 0 Å². The number of nitrogens with two attached hydrogens (primary N) is 1. The SMILES string of the molecule is NNC(C=S)CO. The van der Waals surface area contributed by atoms with Gasteiger partial charge < -0.3 is 5.11 Å². The maximum Gasteiger partial charge on any atom is 0.0723 e. The number of hydrogen-bond acceptors (Lipinski definition) is 4. The van der Waals surface area contributed by atoms with Gasteiger partial charge in [0.15, 0.2) is 0 Å². The molecule has 0 rings (SSSR count). The summed E-state index contributed by atoms with van der Waals surface area (Å²) in [7, 11) is 0. The molecule has 0 aromatic rings. The Hall–Kier alpha value is -0.0300. The van der Waals surface area contributed by atoms with Crippen LogP contribution in [0.5, 0.6) is 0 Å². The maximum atomic E-state index is 8.29. The van der Waals surface area contributed by atoms with Crippen molar-refractivity contribution in [1.82, 2.24) is 5.43 Å². The van der Waals surface area contributed by atoms with Gasteiger partial charge in [-0.15, -0.1) is 0 Å². The normalized spacial score (nSPS) is 13.4. The highest BCUT2D eigenvalue weighted by molar-refractivity contribution is 7.79. The topological polar surface area (TPSA) is 58.3 Å². The number of nitrogens with one attached hydrogen (secondary N) is 1. The van der Waals surface area contributed by atoms with E-state index in [1.807, 2.05) is 0 Å². The first-order valence-electron chi connectivity index (χ1n) is 1.87. The zero-order valence-electron chi connectivity index (χ0n) is 3.79. The first-order chi connectivity index (χ1) is 3.35. The zero-order chi connectivity index (χ0) is 5.70. The van der Waals surface area contributed by atoms with E-state index in [1.165, 1.54) is 5.37 Å². The second kappa shape index (κ2) is 4.14. The summed E-state index contributed by atoms with van der Waals surface area (Å²) >= 11 is 4.44. The highest BCUT2D eigenvalue weighted by Crippen LogP contribution is 1.69. The summed E-state index contributed by atoms with van der Waals surface area (Å²) < 4.78 is 0. The molecule has 7 heavy (non-hydrogen) atoms. The lowest BCUT2D eigenvalue weighted by atomic mass is 10.4. The summed E-state index contributed by atoms with van der Waals surface area (Å²) in [6, 6.07) is -0.241. The Labute approximate surface area is 47.5 Å². The second-order valence-electron chi connectivity index (χ2n) is 1.09. The molecule has 1 unspecified atom stereocenters. The summed E-state index contributed by atoms with van der Waals surface area (Å²) in [4.78, 5) is 0. The average Bonchev–Trinajstić information content (AvgIpc) is 1.72. The fraction of sp³-hybridized carbons (Fsp3) is 0.667. The molecule has 42 valence electrons. The van der Waals surface area contributed by atoms with Crippen molar-refractivity contribution >= 4 is 17.6 Å². The average molecular weight is 120 g/mol. The molecule has 0 fully saturated rings. The number of hydrogen-bond donors (Lipinski definition) is 3. The monoisotopic (exact) mass is 120 g/mol. The molecule has 4 N–H and O–H groups in total. The molecule has 0 aliphatic rings. The highest BCUT2D eigenvalue weighted by Gasteiger charge is 1.94. The number of rotatable bonds is 3. The van der Waals surface area contributed by atoms with Gasteiger partial charge in [0, 0.05) is 0 Å². The van der Waals surface area contributed by atoms with Crippen molar-refractivity contribution in [3.05, 3.63) is 0 Å². The highest BCUT2D eigenvalue weighted by atomic mass is 32.1. The van der Waals surface area contributed by atoms with Crippen LogP contribution in [0, 0.1) is 0 Å². The van der Waals surface area contributed by atoms with Crippen LogP contribution < -0.4 is 11.3 Å². The van der Waals surface area contributed by atoms with Crippen LogP contribution in [0.1, 0.15) is 0 Å². The van der Waals surface area contributed by atoms with Crippen molar-refractivity contribution in [2.75, 3.05) is 6.61 Å². The molecule has 0 saturated carbocycles. The molecule has 0 aromatic heterocycles. The predicted molar refractivity (Wildman–Crippen MR) is 31.9 cm³/mol. The number of hydrazine groups is 1. The van der Waals surface area contributed by atoms with Crippen molar-refractivity contribution in [1.29, 1.82) is 0 Å². The van der Waals surface area contributed by atoms with E-state index in [-0.39, 0.29) is 12.6 Å². The van der Waals surface area contributed by atoms with Gasteiger partial charge in [-0.25, -0.2) is 0 Å². The number of thiocarbonyl (C=S) groups is 1. The van der Waals surface area contributed by atoms with Crippen LogP contribution in [0.2, 0.25) is 0 Å². The van der Waals surface area contributed by atoms with E-state index in [1.54, 1.807) is 0 Å². The van der Waals surface area contributed by atoms with E-state index in [2.05, 4.69) is 17.6 Å². The molecule has 0 aromatic carbocycles. The Morgan fingerprint density at radius 2 is 2.57 bits per heavy atom. The van der Waals surface area contributed by atoms with Crippen LogP contribution >= 0.6 is 12.2 Å². The smallest absolute Gasteiger partial charge is 0.0723 e. The van der Waals surface area contributed by atoms with Crippen LogP contribution in [-0.2, 0) is 0 Å². The summed E-state index contributed by atoms with van der Waals surface area (Å²) in [6.45, 7) is -0.0417. The van der Waals surface area contributed by atoms with E-state index in [0.29, 0.717) is 0 Å². The quantitative estimate of drug-likeness (QED) is 0.249. The first kappa shape index (κ1) is 6.97. The molecule has 0 heterocycles. The third kappa shape index (κ3) is 2.64. The molecular weight excluding hydrogens is 112 g/mol. The van der Waals surface area contributed by atoms with Gasteiger partial charge in [0.05, 0.1) is 12.6 Å². The minimum atomic E-state index is -0.241. The molecule has 0 bridgehead atoms. The van der Waals surface area contributed by atoms with Crippen LogP contribution in [0.3, 0.4) is 0 Å². The van der Waals surface area contributed by atoms with Crippen LogP contribution in [0.15, 0.2) is 0 Å². The first-order valence-corrected chi connectivity index (χ1v) is 2.34. The third-order valence-electron chi connectivity index (χ3n) is 0.575. The molecule has 0 amide bonds. The van der Waals surface area contributed by atoms with Gasteiger partial charge in [-0.1, -0.05) is 12.2 Å². The van der Waals surface area contributed by atoms with Gasteiger partial charge in [-0.2, -0.15) is 0 Å². The summed E-state index contributed by atoms with van der Waals surface area (Å²) in [5.41, 5.74) is 2.29. The van der Waals surface area contributed by atoms with Gasteiger partial charge in [0.2, 0.25) is 0 Å². The molecule has 3 nitrogen and oxygen atoms in total. The molecule has 1 atom stereocenters. The van der Waals surface area contributed by atoms with Crippen LogP contribution in [-0.4, -0.2) is 23.1 Å². The molecule has 0 aliphatic carbocycles. The Morgan fingerprint density at radius 3 is 2.57 bits per heavy atom. The fourth-order valence-electron chi connectivity index (χ4n) is 0.135. The van der Waals surface area contributed by atoms with Gasteiger partial charge in [-0.05, 0) is 5.37 Å². The van der Waals surface area contributed by atoms with Crippen molar-refractivity contribution in [3.8, 4) is 0 Å². The maximum absolute atomic E-state index is 8.29. The van der Waals surface area contributed by atoms with Crippen LogP contribution in [0.25, 0.3) is 0 Å². The lowest BCUT2D eigenvalue weighted by molar-refractivity contribution is 0.275. The van der Waals surface area contributed by atoms with Gasteiger partial charge in [-0.3, -0.25) is 11.3 Å². The van der Waals surface area contributed by atoms with Gasteiger partial charge >= 0.3 is 0 Å².